The predicted molar refractivity (Wildman–Crippen MR) is 136 cm³/mol. The van der Waals surface area contributed by atoms with E-state index in [1.807, 2.05) is 0 Å². The fourth-order valence-corrected chi connectivity index (χ4v) is 3.36. The van der Waals surface area contributed by atoms with E-state index in [1.165, 1.54) is 24.5 Å². The summed E-state index contributed by atoms with van der Waals surface area (Å²) in [4.78, 5) is 25.2. The quantitative estimate of drug-likeness (QED) is 0.136. The van der Waals surface area contributed by atoms with Gasteiger partial charge in [0.05, 0.1) is 0 Å². The maximum atomic E-state index is 12.8. The van der Waals surface area contributed by atoms with Gasteiger partial charge in [0, 0.05) is 28.9 Å². The van der Waals surface area contributed by atoms with Crippen LogP contribution < -0.4 is 22.3 Å². The Kier molecular flexibility index (Phi) is 8.45. The van der Waals surface area contributed by atoms with E-state index in [2.05, 4.69) is 29.0 Å². The highest BCUT2D eigenvalue weighted by Crippen LogP contribution is 2.26. The Bertz CT molecular complexity index is 1340. The molecule has 36 heavy (non-hydrogen) atoms. The molecule has 0 aliphatic carbocycles. The Labute approximate surface area is 209 Å². The monoisotopic (exact) mass is 482 g/mol. The van der Waals surface area contributed by atoms with Gasteiger partial charge >= 0.3 is 0 Å². The average Bonchev–Trinajstić information content (AvgIpc) is 2.90. The van der Waals surface area contributed by atoms with Crippen LogP contribution in [0.25, 0.3) is 0 Å². The second kappa shape index (κ2) is 11.7. The van der Waals surface area contributed by atoms with Gasteiger partial charge in [-0.1, -0.05) is 36.1 Å². The third-order valence-corrected chi connectivity index (χ3v) is 5.52. The number of hydroxylamine groups is 1. The first-order chi connectivity index (χ1) is 17.2. The van der Waals surface area contributed by atoms with Crippen LogP contribution in [-0.2, 0) is 16.9 Å². The summed E-state index contributed by atoms with van der Waals surface area (Å²) in [6.07, 6.45) is 0. The topological polar surface area (TPSA) is 151 Å². The molecule has 3 aromatic carbocycles. The van der Waals surface area contributed by atoms with Gasteiger partial charge in [-0.05, 0) is 78.4 Å². The van der Waals surface area contributed by atoms with E-state index in [1.54, 1.807) is 60.7 Å². The van der Waals surface area contributed by atoms with E-state index in [0.29, 0.717) is 23.4 Å². The zero-order chi connectivity index (χ0) is 26.1. The van der Waals surface area contributed by atoms with Gasteiger partial charge in [-0.15, -0.1) is 0 Å². The third-order valence-electron chi connectivity index (χ3n) is 5.52. The summed E-state index contributed by atoms with van der Waals surface area (Å²) in [7, 11) is 0. The average molecular weight is 483 g/mol. The molecule has 0 saturated heterocycles. The largest absolute Gasteiger partial charge is 0.399 e. The summed E-state index contributed by atoms with van der Waals surface area (Å²) < 4.78 is 0. The number of aliphatic hydroxyl groups is 1. The van der Waals surface area contributed by atoms with Gasteiger partial charge in [0.2, 0.25) is 0 Å². The molecule has 3 rings (SSSR count). The Balaban J connectivity index is 1.73. The van der Waals surface area contributed by atoms with Crippen molar-refractivity contribution in [2.75, 3.05) is 5.73 Å². The molecule has 8 N–H and O–H groups in total. The molecule has 0 aliphatic heterocycles. The van der Waals surface area contributed by atoms with E-state index in [4.69, 9.17) is 11.5 Å². The van der Waals surface area contributed by atoms with Gasteiger partial charge in [-0.2, -0.15) is 0 Å². The van der Waals surface area contributed by atoms with E-state index >= 15 is 0 Å². The van der Waals surface area contributed by atoms with Crippen LogP contribution in [0.1, 0.15) is 39.5 Å². The van der Waals surface area contributed by atoms with Crippen molar-refractivity contribution in [3.05, 3.63) is 101 Å². The number of nitrogens with two attached hydrogens (primary N) is 2. The van der Waals surface area contributed by atoms with Crippen molar-refractivity contribution < 1.29 is 19.9 Å². The Morgan fingerprint density at radius 1 is 0.917 bits per heavy atom. The highest BCUT2D eigenvalue weighted by atomic mass is 16.5. The Hall–Kier alpha value is -4.60. The minimum absolute atomic E-state index is 0.235. The van der Waals surface area contributed by atoms with Gasteiger partial charge in [-0.25, -0.2) is 5.48 Å². The minimum Gasteiger partial charge on any atom is -0.399 e. The van der Waals surface area contributed by atoms with E-state index in [0.717, 1.165) is 11.1 Å². The maximum Gasteiger partial charge on any atom is 0.269 e. The molecule has 0 aromatic heterocycles. The number of hydrogen-bond acceptors (Lipinski definition) is 6. The van der Waals surface area contributed by atoms with Crippen molar-refractivity contribution in [2.24, 2.45) is 5.73 Å². The molecular weight excluding hydrogens is 456 g/mol. The number of hydrogen-bond donors (Lipinski definition) is 6. The second-order valence-electron chi connectivity index (χ2n) is 8.13. The molecule has 0 radical (unpaired) electrons. The fraction of sp³-hybridized carbons (Fsp3) is 0.143. The highest BCUT2D eigenvalue weighted by molar-refractivity contribution is 5.98. The highest BCUT2D eigenvalue weighted by Gasteiger charge is 2.40. The van der Waals surface area contributed by atoms with Crippen LogP contribution >= 0.6 is 0 Å². The van der Waals surface area contributed by atoms with E-state index < -0.39 is 23.5 Å². The standard InChI is InChI=1S/C28H26N4O4/c1-28(35,23-14-8-21(18-29)9-15-23)25(27(34)32-36)31-26(33)22-12-6-19(7-13-22)4-2-3-5-20-10-16-24(30)17-11-20/h6-17,25,35-36H,18,29-30H2,1H3,(H,31,33)(H,32,34)/t25-,28-/m1/s1. The van der Waals surface area contributed by atoms with Crippen molar-refractivity contribution >= 4 is 17.5 Å². The lowest BCUT2D eigenvalue weighted by Crippen LogP contribution is -2.57. The maximum absolute atomic E-state index is 12.8. The van der Waals surface area contributed by atoms with Crippen LogP contribution in [0.15, 0.2) is 72.8 Å². The van der Waals surface area contributed by atoms with Gasteiger partial charge < -0.3 is 21.9 Å². The lowest BCUT2D eigenvalue weighted by atomic mass is 9.87. The minimum atomic E-state index is -1.83. The molecule has 0 bridgehead atoms. The summed E-state index contributed by atoms with van der Waals surface area (Å²) in [5, 5.41) is 22.8. The molecule has 0 spiro atoms. The van der Waals surface area contributed by atoms with Crippen molar-refractivity contribution in [1.82, 2.24) is 10.8 Å². The van der Waals surface area contributed by atoms with Crippen molar-refractivity contribution in [1.29, 1.82) is 0 Å². The molecule has 2 atom stereocenters. The van der Waals surface area contributed by atoms with Crippen LogP contribution in [0.3, 0.4) is 0 Å². The number of anilines is 1. The van der Waals surface area contributed by atoms with Crippen LogP contribution in [-0.4, -0.2) is 28.2 Å². The number of benzene rings is 3. The molecule has 2 amide bonds. The number of amides is 2. The zero-order valence-electron chi connectivity index (χ0n) is 19.6. The molecule has 0 fully saturated rings. The van der Waals surface area contributed by atoms with Crippen LogP contribution in [0.5, 0.6) is 0 Å². The van der Waals surface area contributed by atoms with Crippen LogP contribution in [0.4, 0.5) is 5.69 Å². The fourth-order valence-electron chi connectivity index (χ4n) is 3.36. The molecular formula is C28H26N4O4. The SMILES string of the molecule is C[C@@](O)(c1ccc(CN)cc1)[C@H](NC(=O)c1ccc(C#CC#Cc2ccc(N)cc2)cc1)C(=O)NO. The lowest BCUT2D eigenvalue weighted by Gasteiger charge is -2.32. The molecule has 0 saturated carbocycles. The first-order valence-corrected chi connectivity index (χ1v) is 11.0. The van der Waals surface area contributed by atoms with Gasteiger partial charge in [-0.3, -0.25) is 14.8 Å². The summed E-state index contributed by atoms with van der Waals surface area (Å²) in [6, 6.07) is 18.6. The molecule has 182 valence electrons. The Morgan fingerprint density at radius 3 is 1.94 bits per heavy atom. The first kappa shape index (κ1) is 26.0. The summed E-state index contributed by atoms with van der Waals surface area (Å²) >= 11 is 0. The lowest BCUT2D eigenvalue weighted by molar-refractivity contribution is -0.138. The van der Waals surface area contributed by atoms with Gasteiger partial charge in [0.1, 0.15) is 11.6 Å². The normalized spacial score (nSPS) is 12.6. The summed E-state index contributed by atoms with van der Waals surface area (Å²) in [6.45, 7) is 1.68. The molecule has 0 unspecified atom stereocenters. The number of nitrogens with one attached hydrogen (secondary N) is 2. The second-order valence-corrected chi connectivity index (χ2v) is 8.13. The van der Waals surface area contributed by atoms with Gasteiger partial charge in [0.25, 0.3) is 11.8 Å². The zero-order valence-corrected chi connectivity index (χ0v) is 19.6. The molecule has 3 aromatic rings. The summed E-state index contributed by atoms with van der Waals surface area (Å²) in [5.41, 5.74) is 14.4. The molecule has 8 heteroatoms. The predicted octanol–water partition coefficient (Wildman–Crippen LogP) is 1.64. The smallest absolute Gasteiger partial charge is 0.269 e. The summed E-state index contributed by atoms with van der Waals surface area (Å²) in [5.74, 6) is 9.71. The molecule has 8 nitrogen and oxygen atoms in total. The van der Waals surface area contributed by atoms with E-state index in [-0.39, 0.29) is 5.56 Å². The van der Waals surface area contributed by atoms with E-state index in [9.17, 15) is 19.9 Å². The molecule has 0 heterocycles. The number of carbonyl (C=O) groups is 2. The van der Waals surface area contributed by atoms with Crippen LogP contribution in [0, 0.1) is 23.7 Å². The third kappa shape index (κ3) is 6.50. The van der Waals surface area contributed by atoms with Crippen molar-refractivity contribution in [2.45, 2.75) is 25.1 Å². The van der Waals surface area contributed by atoms with Crippen molar-refractivity contribution in [3.8, 4) is 23.7 Å². The first-order valence-electron chi connectivity index (χ1n) is 11.0. The van der Waals surface area contributed by atoms with Gasteiger partial charge in [0.15, 0.2) is 0 Å². The van der Waals surface area contributed by atoms with Crippen LogP contribution in [0.2, 0.25) is 0 Å². The van der Waals surface area contributed by atoms with Crippen molar-refractivity contribution in [3.63, 3.8) is 0 Å². The number of carbonyl (C=O) groups excluding carboxylic acids is 2. The number of rotatable bonds is 6. The number of nitrogen functional groups attached to an aromatic ring is 1. The Morgan fingerprint density at radius 2 is 1.44 bits per heavy atom. The molecule has 0 aliphatic rings.